The van der Waals surface area contributed by atoms with Crippen LogP contribution in [0, 0.1) is 0 Å². The monoisotopic (exact) mass is 633 g/mol. The summed E-state index contributed by atoms with van der Waals surface area (Å²) in [5.74, 6) is -0.852. The highest BCUT2D eigenvalue weighted by atomic mass is 31.2. The standard InChI is InChI=1S/C33H64NO8P/c1-6-8-10-12-14-16-17-18-20-21-23-25-32(35)39-29-31(30-41-43(37,38)40-28-27-34(3,4)5)42-33(36)26-24-22-19-15-13-11-9-7-2/h12,14,31H,6-11,13,15-30H2,1-5H3/b14-12+/t31-/m1/s1. The lowest BCUT2D eigenvalue weighted by Crippen LogP contribution is -2.37. The Labute approximate surface area is 263 Å². The first-order chi connectivity index (χ1) is 20.5. The average Bonchev–Trinajstić information content (AvgIpc) is 2.93. The zero-order valence-corrected chi connectivity index (χ0v) is 29.1. The minimum absolute atomic E-state index is 0.0299. The van der Waals surface area contributed by atoms with Crippen LogP contribution in [0.25, 0.3) is 0 Å². The van der Waals surface area contributed by atoms with E-state index in [1.807, 2.05) is 21.1 Å². The van der Waals surface area contributed by atoms with Gasteiger partial charge in [0.2, 0.25) is 0 Å². The SMILES string of the molecule is CCCC/C=C/CCCCCCCC(=O)OC[C@H](COP(=O)([O-])OCC[N+](C)(C)C)OC(=O)CCCCCCCCCC. The van der Waals surface area contributed by atoms with Crippen LogP contribution in [0.2, 0.25) is 0 Å². The second-order valence-electron chi connectivity index (χ2n) is 12.5. The lowest BCUT2D eigenvalue weighted by Gasteiger charge is -2.28. The van der Waals surface area contributed by atoms with Gasteiger partial charge < -0.3 is 27.9 Å². The van der Waals surface area contributed by atoms with Crippen LogP contribution in [-0.2, 0) is 32.7 Å². The van der Waals surface area contributed by atoms with Gasteiger partial charge in [0.05, 0.1) is 27.7 Å². The predicted octanol–water partition coefficient (Wildman–Crippen LogP) is 7.66. The van der Waals surface area contributed by atoms with Crippen molar-refractivity contribution in [2.45, 2.75) is 142 Å². The van der Waals surface area contributed by atoms with Crippen LogP contribution in [-0.4, -0.2) is 70.0 Å². The molecular formula is C33H64NO8P. The highest BCUT2D eigenvalue weighted by Gasteiger charge is 2.21. The van der Waals surface area contributed by atoms with Crippen molar-refractivity contribution in [2.75, 3.05) is 47.5 Å². The molecule has 0 aromatic carbocycles. The fourth-order valence-corrected chi connectivity index (χ4v) is 5.01. The number of nitrogens with zero attached hydrogens (tertiary/aromatic N) is 1. The van der Waals surface area contributed by atoms with Crippen molar-refractivity contribution < 1.29 is 42.1 Å². The Morgan fingerprint density at radius 1 is 0.698 bits per heavy atom. The molecule has 9 nitrogen and oxygen atoms in total. The molecule has 254 valence electrons. The van der Waals surface area contributed by atoms with Gasteiger partial charge in [-0.15, -0.1) is 0 Å². The molecule has 0 bridgehead atoms. The van der Waals surface area contributed by atoms with Gasteiger partial charge in [-0.05, 0) is 32.1 Å². The first-order valence-electron chi connectivity index (χ1n) is 16.9. The van der Waals surface area contributed by atoms with Crippen LogP contribution >= 0.6 is 7.82 Å². The molecule has 0 saturated carbocycles. The summed E-state index contributed by atoms with van der Waals surface area (Å²) >= 11 is 0. The molecule has 43 heavy (non-hydrogen) atoms. The number of phosphoric acid groups is 1. The number of quaternary nitrogens is 1. The molecule has 0 aliphatic rings. The predicted molar refractivity (Wildman–Crippen MR) is 171 cm³/mol. The maximum Gasteiger partial charge on any atom is 0.306 e. The Morgan fingerprint density at radius 3 is 1.79 bits per heavy atom. The highest BCUT2D eigenvalue weighted by Crippen LogP contribution is 2.38. The van der Waals surface area contributed by atoms with Crippen LogP contribution in [0.1, 0.15) is 136 Å². The summed E-state index contributed by atoms with van der Waals surface area (Å²) in [6, 6.07) is 0. The molecule has 0 amide bonds. The Bertz CT molecular complexity index is 768. The summed E-state index contributed by atoms with van der Waals surface area (Å²) < 4.78 is 33.5. The van der Waals surface area contributed by atoms with Gasteiger partial charge >= 0.3 is 11.9 Å². The lowest BCUT2D eigenvalue weighted by atomic mass is 10.1. The summed E-state index contributed by atoms with van der Waals surface area (Å²) in [4.78, 5) is 37.0. The van der Waals surface area contributed by atoms with Crippen molar-refractivity contribution in [2.24, 2.45) is 0 Å². The van der Waals surface area contributed by atoms with Gasteiger partial charge in [-0.3, -0.25) is 14.2 Å². The van der Waals surface area contributed by atoms with Crippen molar-refractivity contribution in [3.63, 3.8) is 0 Å². The van der Waals surface area contributed by atoms with E-state index in [-0.39, 0.29) is 26.1 Å². The van der Waals surface area contributed by atoms with E-state index in [4.69, 9.17) is 18.5 Å². The van der Waals surface area contributed by atoms with Gasteiger partial charge in [-0.1, -0.05) is 103 Å². The Kier molecular flexibility index (Phi) is 26.3. The molecule has 0 N–H and O–H groups in total. The summed E-state index contributed by atoms with van der Waals surface area (Å²) in [5.41, 5.74) is 0. The van der Waals surface area contributed by atoms with E-state index in [1.165, 1.54) is 38.5 Å². The Balaban J connectivity index is 4.50. The molecule has 0 fully saturated rings. The average molecular weight is 634 g/mol. The third kappa shape index (κ3) is 30.6. The van der Waals surface area contributed by atoms with Crippen molar-refractivity contribution >= 4 is 19.8 Å². The fourth-order valence-electron chi connectivity index (χ4n) is 4.28. The van der Waals surface area contributed by atoms with E-state index in [0.29, 0.717) is 17.4 Å². The molecule has 0 aliphatic heterocycles. The second kappa shape index (κ2) is 27.1. The van der Waals surface area contributed by atoms with Crippen molar-refractivity contribution in [1.82, 2.24) is 0 Å². The summed E-state index contributed by atoms with van der Waals surface area (Å²) in [6.45, 7) is 4.11. The molecule has 0 aromatic rings. The van der Waals surface area contributed by atoms with E-state index >= 15 is 0 Å². The van der Waals surface area contributed by atoms with Crippen LogP contribution < -0.4 is 4.89 Å². The zero-order valence-electron chi connectivity index (χ0n) is 28.2. The summed E-state index contributed by atoms with van der Waals surface area (Å²) in [6.07, 6.45) is 22.5. The molecule has 0 spiro atoms. The van der Waals surface area contributed by atoms with Gasteiger partial charge in [0.15, 0.2) is 6.10 Å². The first kappa shape index (κ1) is 41.8. The number of phosphoric ester groups is 1. The van der Waals surface area contributed by atoms with E-state index < -0.39 is 32.5 Å². The Hall–Kier alpha value is -1.25. The number of hydrogen-bond donors (Lipinski definition) is 0. The van der Waals surface area contributed by atoms with E-state index in [9.17, 15) is 19.0 Å². The molecule has 0 rings (SSSR count). The number of rotatable bonds is 30. The highest BCUT2D eigenvalue weighted by molar-refractivity contribution is 7.45. The van der Waals surface area contributed by atoms with E-state index in [2.05, 4.69) is 26.0 Å². The van der Waals surface area contributed by atoms with Crippen molar-refractivity contribution in [3.8, 4) is 0 Å². The number of carbonyl (C=O) groups is 2. The first-order valence-corrected chi connectivity index (χ1v) is 18.4. The topological polar surface area (TPSA) is 111 Å². The molecule has 0 heterocycles. The Morgan fingerprint density at radius 2 is 1.21 bits per heavy atom. The maximum atomic E-state index is 12.5. The van der Waals surface area contributed by atoms with Gasteiger partial charge in [0.1, 0.15) is 19.8 Å². The fraction of sp³-hybridized carbons (Fsp3) is 0.879. The molecule has 0 aliphatic carbocycles. The normalized spacial score (nSPS) is 14.1. The smallest absolute Gasteiger partial charge is 0.306 e. The number of esters is 2. The number of hydrogen-bond acceptors (Lipinski definition) is 8. The second-order valence-corrected chi connectivity index (χ2v) is 13.9. The van der Waals surface area contributed by atoms with Crippen LogP contribution in [0.5, 0.6) is 0 Å². The number of allylic oxidation sites excluding steroid dienone is 2. The molecule has 0 radical (unpaired) electrons. The zero-order chi connectivity index (χ0) is 32.2. The van der Waals surface area contributed by atoms with E-state index in [0.717, 1.165) is 64.2 Å². The molecule has 0 aromatic heterocycles. The maximum absolute atomic E-state index is 12.5. The molecular weight excluding hydrogens is 569 g/mol. The molecule has 10 heteroatoms. The van der Waals surface area contributed by atoms with Crippen molar-refractivity contribution in [3.05, 3.63) is 12.2 Å². The quantitative estimate of drug-likeness (QED) is 0.0261. The summed E-state index contributed by atoms with van der Waals surface area (Å²) in [5, 5.41) is 0. The number of unbranched alkanes of at least 4 members (excludes halogenated alkanes) is 14. The third-order valence-corrected chi connectivity index (χ3v) is 8.00. The van der Waals surface area contributed by atoms with E-state index in [1.54, 1.807) is 0 Å². The molecule has 2 atom stereocenters. The summed E-state index contributed by atoms with van der Waals surface area (Å²) in [7, 11) is 1.16. The minimum atomic E-state index is -4.60. The number of ether oxygens (including phenoxy) is 2. The molecule has 1 unspecified atom stereocenters. The lowest BCUT2D eigenvalue weighted by molar-refractivity contribution is -0.870. The van der Waals surface area contributed by atoms with Gasteiger partial charge in [-0.2, -0.15) is 0 Å². The van der Waals surface area contributed by atoms with Crippen molar-refractivity contribution in [1.29, 1.82) is 0 Å². The number of carbonyl (C=O) groups excluding carboxylic acids is 2. The van der Waals surface area contributed by atoms with Gasteiger partial charge in [0, 0.05) is 12.8 Å². The van der Waals surface area contributed by atoms with Gasteiger partial charge in [0.25, 0.3) is 7.82 Å². The number of likely N-dealkylation sites (N-methyl/N-ethyl adjacent to an activating group) is 1. The van der Waals surface area contributed by atoms with Gasteiger partial charge in [-0.25, -0.2) is 0 Å². The third-order valence-electron chi connectivity index (χ3n) is 7.04. The largest absolute Gasteiger partial charge is 0.756 e. The van der Waals surface area contributed by atoms with Crippen LogP contribution in [0.15, 0.2) is 12.2 Å². The van der Waals surface area contributed by atoms with Crippen LogP contribution in [0.4, 0.5) is 0 Å². The minimum Gasteiger partial charge on any atom is -0.756 e. The molecule has 0 saturated heterocycles. The van der Waals surface area contributed by atoms with Crippen LogP contribution in [0.3, 0.4) is 0 Å².